The third-order valence-electron chi connectivity index (χ3n) is 8.36. The zero-order valence-electron chi connectivity index (χ0n) is 20.6. The van der Waals surface area contributed by atoms with Crippen molar-refractivity contribution < 1.29 is 23.2 Å². The number of carbonyl (C=O) groups is 3. The fraction of sp³-hybridized carbons (Fsp3) is 0.121. The van der Waals surface area contributed by atoms with Crippen LogP contribution in [0.25, 0.3) is 6.08 Å². The number of anilines is 1. The molecular formula is C33H21F2NO3. The second-order valence-electron chi connectivity index (χ2n) is 10.1. The van der Waals surface area contributed by atoms with Crippen LogP contribution in [-0.2, 0) is 0 Å². The quantitative estimate of drug-likeness (QED) is 0.237. The fourth-order valence-corrected chi connectivity index (χ4v) is 6.81. The van der Waals surface area contributed by atoms with Gasteiger partial charge in [0.1, 0.15) is 23.1 Å². The standard InChI is InChI=1S/C33H21F2NO3/c34-24-14-6-4-12-22(24)28-29(30(37)23-13-5-7-15-25(23)35)36-26-16-8-1-9-19(26)17-18-27(36)33(28)31(38)20-10-2-3-11-21(20)32(33)39/h1-18,27-29H. The van der Waals surface area contributed by atoms with E-state index in [9.17, 15) is 14.4 Å². The Bertz CT molecular complexity index is 1710. The molecule has 1 aliphatic carbocycles. The van der Waals surface area contributed by atoms with Crippen molar-refractivity contribution in [2.75, 3.05) is 4.90 Å². The summed E-state index contributed by atoms with van der Waals surface area (Å²) in [6, 6.07) is 23.3. The summed E-state index contributed by atoms with van der Waals surface area (Å²) in [6.07, 6.45) is 3.59. The van der Waals surface area contributed by atoms with Crippen molar-refractivity contribution in [1.82, 2.24) is 0 Å². The van der Waals surface area contributed by atoms with Crippen molar-refractivity contribution in [2.24, 2.45) is 5.41 Å². The van der Waals surface area contributed by atoms with Crippen LogP contribution in [0, 0.1) is 17.0 Å². The Morgan fingerprint density at radius 2 is 1.31 bits per heavy atom. The fourth-order valence-electron chi connectivity index (χ4n) is 6.81. The molecule has 7 rings (SSSR count). The molecule has 0 saturated carbocycles. The van der Waals surface area contributed by atoms with E-state index in [1.807, 2.05) is 24.3 Å². The van der Waals surface area contributed by atoms with Crippen LogP contribution in [0.5, 0.6) is 0 Å². The van der Waals surface area contributed by atoms with Gasteiger partial charge in [-0.15, -0.1) is 0 Å². The average Bonchev–Trinajstić information content (AvgIpc) is 3.39. The van der Waals surface area contributed by atoms with Gasteiger partial charge in [-0.05, 0) is 35.4 Å². The largest absolute Gasteiger partial charge is 0.352 e. The first-order valence-electron chi connectivity index (χ1n) is 12.7. The molecule has 3 unspecified atom stereocenters. The van der Waals surface area contributed by atoms with E-state index in [1.165, 1.54) is 36.4 Å². The van der Waals surface area contributed by atoms with Gasteiger partial charge in [0, 0.05) is 22.7 Å². The molecule has 0 bridgehead atoms. The van der Waals surface area contributed by atoms with Gasteiger partial charge in [0.2, 0.25) is 0 Å². The van der Waals surface area contributed by atoms with Gasteiger partial charge in [-0.2, -0.15) is 0 Å². The first kappa shape index (κ1) is 23.4. The highest BCUT2D eigenvalue weighted by Crippen LogP contribution is 2.61. The topological polar surface area (TPSA) is 54.5 Å². The number of rotatable bonds is 3. The molecule has 2 heterocycles. The van der Waals surface area contributed by atoms with Gasteiger partial charge < -0.3 is 4.90 Å². The SMILES string of the molecule is O=C(c1ccccc1F)C1C(c2ccccc2F)C2(C(=O)c3ccccc3C2=O)C2C=Cc3ccccc3N12. The second kappa shape index (κ2) is 8.40. The van der Waals surface area contributed by atoms with Crippen LogP contribution in [0.15, 0.2) is 103 Å². The lowest BCUT2D eigenvalue weighted by molar-refractivity contribution is 0.0664. The molecule has 3 atom stereocenters. The Balaban J connectivity index is 1.58. The number of Topliss-reactive ketones (excluding diaryl/α,β-unsaturated/α-hetero) is 3. The number of carbonyl (C=O) groups excluding carboxylic acids is 3. The molecule has 2 aliphatic heterocycles. The molecule has 0 N–H and O–H groups in total. The molecule has 6 heteroatoms. The Kier molecular flexibility index (Phi) is 5.04. The number of hydrogen-bond acceptors (Lipinski definition) is 4. The molecule has 0 radical (unpaired) electrons. The molecule has 0 aromatic heterocycles. The minimum Gasteiger partial charge on any atom is -0.352 e. The van der Waals surface area contributed by atoms with E-state index < -0.39 is 52.4 Å². The summed E-state index contributed by atoms with van der Waals surface area (Å²) >= 11 is 0. The summed E-state index contributed by atoms with van der Waals surface area (Å²) in [4.78, 5) is 45.1. The van der Waals surface area contributed by atoms with E-state index in [0.29, 0.717) is 5.69 Å². The van der Waals surface area contributed by atoms with Crippen molar-refractivity contribution in [2.45, 2.75) is 18.0 Å². The summed E-state index contributed by atoms with van der Waals surface area (Å²) in [7, 11) is 0. The zero-order valence-corrected chi connectivity index (χ0v) is 20.6. The molecule has 0 amide bonds. The average molecular weight is 518 g/mol. The van der Waals surface area contributed by atoms with Gasteiger partial charge in [-0.1, -0.05) is 84.9 Å². The predicted octanol–water partition coefficient (Wildman–Crippen LogP) is 6.28. The molecule has 4 nitrogen and oxygen atoms in total. The van der Waals surface area contributed by atoms with Crippen LogP contribution >= 0.6 is 0 Å². The molecule has 1 fully saturated rings. The third-order valence-corrected chi connectivity index (χ3v) is 8.36. The summed E-state index contributed by atoms with van der Waals surface area (Å²) in [5.41, 5.74) is -0.0509. The van der Waals surface area contributed by atoms with Crippen LogP contribution in [-0.4, -0.2) is 29.4 Å². The highest BCUT2D eigenvalue weighted by molar-refractivity contribution is 6.32. The zero-order chi connectivity index (χ0) is 26.9. The molecule has 190 valence electrons. The number of ketones is 3. The maximum absolute atomic E-state index is 15.7. The molecule has 39 heavy (non-hydrogen) atoms. The lowest BCUT2D eigenvalue weighted by Crippen LogP contribution is -2.48. The molecule has 4 aromatic rings. The van der Waals surface area contributed by atoms with E-state index in [1.54, 1.807) is 53.4 Å². The number of fused-ring (bicyclic) bond motifs is 5. The van der Waals surface area contributed by atoms with E-state index in [-0.39, 0.29) is 22.3 Å². The van der Waals surface area contributed by atoms with Crippen LogP contribution in [0.4, 0.5) is 14.5 Å². The summed E-state index contributed by atoms with van der Waals surface area (Å²) in [5, 5.41) is 0. The number of benzene rings is 4. The highest BCUT2D eigenvalue weighted by Gasteiger charge is 2.72. The van der Waals surface area contributed by atoms with Gasteiger partial charge >= 0.3 is 0 Å². The molecule has 3 aliphatic rings. The van der Waals surface area contributed by atoms with Crippen LogP contribution in [0.2, 0.25) is 0 Å². The van der Waals surface area contributed by atoms with Crippen molar-refractivity contribution >= 4 is 29.1 Å². The third kappa shape index (κ3) is 3.00. The first-order valence-corrected chi connectivity index (χ1v) is 12.7. The number of hydrogen-bond donors (Lipinski definition) is 0. The molecule has 4 aromatic carbocycles. The normalized spacial score (nSPS) is 22.1. The summed E-state index contributed by atoms with van der Waals surface area (Å²) in [6.45, 7) is 0. The second-order valence-corrected chi connectivity index (χ2v) is 10.1. The van der Waals surface area contributed by atoms with Gasteiger partial charge in [0.15, 0.2) is 17.3 Å². The number of para-hydroxylation sites is 1. The molecule has 1 saturated heterocycles. The lowest BCUT2D eigenvalue weighted by atomic mass is 9.64. The maximum Gasteiger partial charge on any atom is 0.188 e. The summed E-state index contributed by atoms with van der Waals surface area (Å²) in [5.74, 6) is -4.12. The summed E-state index contributed by atoms with van der Waals surface area (Å²) < 4.78 is 30.8. The minimum atomic E-state index is -1.83. The minimum absolute atomic E-state index is 0.0713. The highest BCUT2D eigenvalue weighted by atomic mass is 19.1. The van der Waals surface area contributed by atoms with Crippen molar-refractivity contribution in [3.05, 3.63) is 143 Å². The van der Waals surface area contributed by atoms with Crippen molar-refractivity contribution in [3.63, 3.8) is 0 Å². The van der Waals surface area contributed by atoms with Gasteiger partial charge in [-0.25, -0.2) is 8.78 Å². The molecular weight excluding hydrogens is 496 g/mol. The number of nitrogens with zero attached hydrogens (tertiary/aromatic N) is 1. The maximum atomic E-state index is 15.7. The lowest BCUT2D eigenvalue weighted by Gasteiger charge is -2.37. The smallest absolute Gasteiger partial charge is 0.188 e. The van der Waals surface area contributed by atoms with Crippen molar-refractivity contribution in [1.29, 1.82) is 0 Å². The molecule has 1 spiro atoms. The van der Waals surface area contributed by atoms with E-state index >= 15 is 8.78 Å². The van der Waals surface area contributed by atoms with Crippen LogP contribution in [0.3, 0.4) is 0 Å². The van der Waals surface area contributed by atoms with Crippen LogP contribution < -0.4 is 4.90 Å². The Labute approximate surface area is 223 Å². The van der Waals surface area contributed by atoms with Crippen molar-refractivity contribution in [3.8, 4) is 0 Å². The Hall–Kier alpha value is -4.71. The predicted molar refractivity (Wildman–Crippen MR) is 143 cm³/mol. The van der Waals surface area contributed by atoms with Gasteiger partial charge in [-0.3, -0.25) is 14.4 Å². The number of halogens is 2. The van der Waals surface area contributed by atoms with E-state index in [2.05, 4.69) is 0 Å². The monoisotopic (exact) mass is 517 g/mol. The van der Waals surface area contributed by atoms with Gasteiger partial charge in [0.05, 0.1) is 11.6 Å². The Morgan fingerprint density at radius 1 is 0.718 bits per heavy atom. The van der Waals surface area contributed by atoms with E-state index in [4.69, 9.17) is 0 Å². The van der Waals surface area contributed by atoms with Gasteiger partial charge in [0.25, 0.3) is 0 Å². The first-order chi connectivity index (χ1) is 19.0. The Morgan fingerprint density at radius 3 is 2.00 bits per heavy atom. The van der Waals surface area contributed by atoms with Crippen LogP contribution in [0.1, 0.15) is 48.1 Å². The van der Waals surface area contributed by atoms with E-state index in [0.717, 1.165) is 5.56 Å².